The number of hydrogen-bond acceptors (Lipinski definition) is 7. The fourth-order valence-corrected chi connectivity index (χ4v) is 2.79. The molecular weight excluding hydrogens is 318 g/mol. The first-order chi connectivity index (χ1) is 10.6. The molecule has 3 aromatic heterocycles. The van der Waals surface area contributed by atoms with E-state index >= 15 is 0 Å². The third kappa shape index (κ3) is 2.56. The van der Waals surface area contributed by atoms with E-state index in [1.807, 2.05) is 20.8 Å². The van der Waals surface area contributed by atoms with Crippen LogP contribution in [0.1, 0.15) is 20.8 Å². The fraction of sp³-hybridized carbons (Fsp3) is 0.357. The lowest BCUT2D eigenvalue weighted by atomic mass is 10.1. The molecule has 0 bridgehead atoms. The highest BCUT2D eigenvalue weighted by molar-refractivity contribution is 7.90. The summed E-state index contributed by atoms with van der Waals surface area (Å²) in [7, 11) is -3.59. The van der Waals surface area contributed by atoms with Crippen molar-refractivity contribution in [3.05, 3.63) is 18.6 Å². The van der Waals surface area contributed by atoms with Crippen LogP contribution in [-0.2, 0) is 15.4 Å². The SMILES string of the molecule is CC(C)(C)n1nc2nc(S(C)(=O)=O)nc(-c3ccoc3)c2c1N. The van der Waals surface area contributed by atoms with Gasteiger partial charge in [0.25, 0.3) is 0 Å². The van der Waals surface area contributed by atoms with Gasteiger partial charge in [-0.25, -0.2) is 18.1 Å². The van der Waals surface area contributed by atoms with Gasteiger partial charge in [0.05, 0.1) is 29.1 Å². The summed E-state index contributed by atoms with van der Waals surface area (Å²) in [5.41, 5.74) is 7.09. The van der Waals surface area contributed by atoms with E-state index in [-0.39, 0.29) is 16.3 Å². The fourth-order valence-electron chi connectivity index (χ4n) is 2.28. The molecule has 0 aliphatic carbocycles. The Morgan fingerprint density at radius 3 is 2.48 bits per heavy atom. The largest absolute Gasteiger partial charge is 0.472 e. The highest BCUT2D eigenvalue weighted by Crippen LogP contribution is 2.33. The Balaban J connectivity index is 2.45. The van der Waals surface area contributed by atoms with Crippen molar-refractivity contribution in [1.29, 1.82) is 0 Å². The van der Waals surface area contributed by atoms with Gasteiger partial charge in [-0.2, -0.15) is 4.98 Å². The maximum absolute atomic E-state index is 11.9. The van der Waals surface area contributed by atoms with Crippen LogP contribution in [0.5, 0.6) is 0 Å². The smallest absolute Gasteiger partial charge is 0.249 e. The molecule has 3 heterocycles. The summed E-state index contributed by atoms with van der Waals surface area (Å²) < 4.78 is 30.4. The van der Waals surface area contributed by atoms with Crippen molar-refractivity contribution in [3.8, 4) is 11.3 Å². The molecule has 0 radical (unpaired) electrons. The molecule has 2 N–H and O–H groups in total. The van der Waals surface area contributed by atoms with Crippen molar-refractivity contribution < 1.29 is 12.8 Å². The summed E-state index contributed by atoms with van der Waals surface area (Å²) in [5.74, 6) is 0.378. The summed E-state index contributed by atoms with van der Waals surface area (Å²) in [6, 6.07) is 1.68. The lowest BCUT2D eigenvalue weighted by molar-refractivity contribution is 0.364. The minimum atomic E-state index is -3.59. The van der Waals surface area contributed by atoms with Crippen LogP contribution in [0.15, 0.2) is 28.2 Å². The van der Waals surface area contributed by atoms with Gasteiger partial charge < -0.3 is 10.2 Å². The van der Waals surface area contributed by atoms with E-state index in [2.05, 4.69) is 15.1 Å². The summed E-state index contributed by atoms with van der Waals surface area (Å²) >= 11 is 0. The summed E-state index contributed by atoms with van der Waals surface area (Å²) in [4.78, 5) is 8.25. The lowest BCUT2D eigenvalue weighted by Gasteiger charge is -2.20. The highest BCUT2D eigenvalue weighted by Gasteiger charge is 2.26. The first kappa shape index (κ1) is 15.5. The van der Waals surface area contributed by atoms with Crippen molar-refractivity contribution in [2.45, 2.75) is 31.5 Å². The Labute approximate surface area is 133 Å². The van der Waals surface area contributed by atoms with E-state index in [1.54, 1.807) is 10.7 Å². The summed E-state index contributed by atoms with van der Waals surface area (Å²) in [5, 5.41) is 4.59. The number of nitrogens with two attached hydrogens (primary N) is 1. The maximum atomic E-state index is 11.9. The molecule has 3 aromatic rings. The van der Waals surface area contributed by atoms with E-state index in [1.165, 1.54) is 12.5 Å². The molecule has 0 spiro atoms. The number of sulfone groups is 1. The zero-order chi connectivity index (χ0) is 17.0. The van der Waals surface area contributed by atoms with Gasteiger partial charge in [-0.05, 0) is 26.8 Å². The van der Waals surface area contributed by atoms with Gasteiger partial charge in [0.15, 0.2) is 5.65 Å². The number of hydrogen-bond donors (Lipinski definition) is 1. The number of nitrogen functional groups attached to an aromatic ring is 1. The van der Waals surface area contributed by atoms with Crippen LogP contribution in [0.3, 0.4) is 0 Å². The van der Waals surface area contributed by atoms with Crippen molar-refractivity contribution in [2.75, 3.05) is 12.0 Å². The molecule has 122 valence electrons. The molecule has 3 rings (SSSR count). The Bertz CT molecular complexity index is 982. The number of aromatic nitrogens is 4. The number of rotatable bonds is 2. The predicted octanol–water partition coefficient (Wildman–Crippen LogP) is 1.83. The maximum Gasteiger partial charge on any atom is 0.249 e. The van der Waals surface area contributed by atoms with Crippen molar-refractivity contribution >= 4 is 26.7 Å². The van der Waals surface area contributed by atoms with Crippen LogP contribution in [0.4, 0.5) is 5.82 Å². The number of fused-ring (bicyclic) bond motifs is 1. The van der Waals surface area contributed by atoms with Crippen LogP contribution in [-0.4, -0.2) is 34.4 Å². The quantitative estimate of drug-likeness (QED) is 0.710. The molecule has 0 atom stereocenters. The third-order valence-corrected chi connectivity index (χ3v) is 4.16. The van der Waals surface area contributed by atoms with Crippen molar-refractivity contribution in [2.24, 2.45) is 0 Å². The first-order valence-electron chi connectivity index (χ1n) is 6.88. The van der Waals surface area contributed by atoms with Gasteiger partial charge >= 0.3 is 0 Å². The minimum Gasteiger partial charge on any atom is -0.472 e. The minimum absolute atomic E-state index is 0.240. The molecule has 23 heavy (non-hydrogen) atoms. The van der Waals surface area contributed by atoms with Gasteiger partial charge in [-0.1, -0.05) is 0 Å². The Morgan fingerprint density at radius 2 is 1.96 bits per heavy atom. The molecule has 0 amide bonds. The molecule has 0 unspecified atom stereocenters. The predicted molar refractivity (Wildman–Crippen MR) is 85.5 cm³/mol. The zero-order valence-electron chi connectivity index (χ0n) is 13.2. The van der Waals surface area contributed by atoms with Gasteiger partial charge in [-0.3, -0.25) is 0 Å². The van der Waals surface area contributed by atoms with Gasteiger partial charge in [0.1, 0.15) is 5.82 Å². The molecule has 0 fully saturated rings. The number of furan rings is 1. The monoisotopic (exact) mass is 335 g/mol. The number of anilines is 1. The lowest BCUT2D eigenvalue weighted by Crippen LogP contribution is -2.24. The second kappa shape index (κ2) is 4.79. The van der Waals surface area contributed by atoms with Crippen LogP contribution in [0, 0.1) is 0 Å². The van der Waals surface area contributed by atoms with E-state index in [0.29, 0.717) is 22.5 Å². The average Bonchev–Trinajstić information content (AvgIpc) is 3.04. The van der Waals surface area contributed by atoms with E-state index in [4.69, 9.17) is 10.2 Å². The average molecular weight is 335 g/mol. The number of nitrogens with zero attached hydrogens (tertiary/aromatic N) is 4. The highest BCUT2D eigenvalue weighted by atomic mass is 32.2. The van der Waals surface area contributed by atoms with E-state index < -0.39 is 9.84 Å². The standard InChI is InChI=1S/C14H17N5O3S/c1-14(2,3)19-11(15)9-10(8-5-6-22-7-8)16-13(23(4,20)21)17-12(9)18-19/h5-7H,15H2,1-4H3. The third-order valence-electron chi connectivity index (χ3n) is 3.31. The molecule has 0 aromatic carbocycles. The van der Waals surface area contributed by atoms with Crippen LogP contribution >= 0.6 is 0 Å². The summed E-state index contributed by atoms with van der Waals surface area (Å²) in [6.45, 7) is 5.83. The first-order valence-corrected chi connectivity index (χ1v) is 8.77. The second-order valence-corrected chi connectivity index (χ2v) is 8.21. The van der Waals surface area contributed by atoms with Gasteiger partial charge in [0.2, 0.25) is 15.0 Å². The molecule has 9 heteroatoms. The zero-order valence-corrected chi connectivity index (χ0v) is 14.0. The molecular formula is C14H17N5O3S. The molecule has 0 saturated carbocycles. The Hall–Kier alpha value is -2.42. The van der Waals surface area contributed by atoms with Gasteiger partial charge in [-0.15, -0.1) is 5.10 Å². The molecule has 0 aliphatic heterocycles. The Morgan fingerprint density at radius 1 is 1.26 bits per heavy atom. The van der Waals surface area contributed by atoms with Gasteiger partial charge in [0, 0.05) is 11.8 Å². The van der Waals surface area contributed by atoms with Crippen LogP contribution in [0.25, 0.3) is 22.3 Å². The van der Waals surface area contributed by atoms with Crippen LogP contribution < -0.4 is 5.73 Å². The van der Waals surface area contributed by atoms with E-state index in [0.717, 1.165) is 6.26 Å². The normalized spacial score (nSPS) is 12.9. The summed E-state index contributed by atoms with van der Waals surface area (Å²) in [6.07, 6.45) is 4.01. The van der Waals surface area contributed by atoms with E-state index in [9.17, 15) is 8.42 Å². The van der Waals surface area contributed by atoms with Crippen LogP contribution in [0.2, 0.25) is 0 Å². The Kier molecular flexibility index (Phi) is 3.22. The second-order valence-electron chi connectivity index (χ2n) is 6.31. The molecule has 0 aliphatic rings. The van der Waals surface area contributed by atoms with Crippen molar-refractivity contribution in [1.82, 2.24) is 19.7 Å². The van der Waals surface area contributed by atoms with Crippen molar-refractivity contribution in [3.63, 3.8) is 0 Å². The molecule has 8 nitrogen and oxygen atoms in total. The topological polar surface area (TPSA) is 117 Å². The molecule has 0 saturated heterocycles.